The second-order valence-corrected chi connectivity index (χ2v) is 5.55. The monoisotopic (exact) mass is 205 g/mol. The fourth-order valence-electron chi connectivity index (χ4n) is 3.88. The zero-order valence-electron chi connectivity index (χ0n) is 9.75. The first kappa shape index (κ1) is 9.74. The van der Waals surface area contributed by atoms with Gasteiger partial charge in [0.1, 0.15) is 0 Å². The van der Waals surface area contributed by atoms with Crippen LogP contribution in [0.4, 0.5) is 0 Å². The molecule has 3 rings (SSSR count). The Bertz CT molecular complexity index is 250. The van der Waals surface area contributed by atoms with Crippen LogP contribution < -0.4 is 0 Å². The lowest BCUT2D eigenvalue weighted by Gasteiger charge is -2.40. The van der Waals surface area contributed by atoms with Gasteiger partial charge in [0.05, 0.1) is 0 Å². The smallest absolute Gasteiger partial charge is 0.0175 e. The van der Waals surface area contributed by atoms with Crippen LogP contribution in [0.5, 0.6) is 0 Å². The predicted molar refractivity (Wildman–Crippen MR) is 63.6 cm³/mol. The molecule has 2 fully saturated rings. The van der Waals surface area contributed by atoms with Crippen molar-refractivity contribution in [3.8, 4) is 0 Å². The summed E-state index contributed by atoms with van der Waals surface area (Å²) in [6.45, 7) is 2.68. The zero-order chi connectivity index (χ0) is 10.1. The fraction of sp³-hybridized carbons (Fsp3) is 0.857. The van der Waals surface area contributed by atoms with E-state index in [2.05, 4.69) is 11.0 Å². The third-order valence-electron chi connectivity index (χ3n) is 4.65. The average Bonchev–Trinajstić information content (AvgIpc) is 2.82. The van der Waals surface area contributed by atoms with E-state index in [0.717, 1.165) is 11.8 Å². The van der Waals surface area contributed by atoms with Crippen LogP contribution in [0.3, 0.4) is 0 Å². The zero-order valence-corrected chi connectivity index (χ0v) is 9.75. The van der Waals surface area contributed by atoms with Crippen molar-refractivity contribution in [2.45, 2.75) is 51.4 Å². The summed E-state index contributed by atoms with van der Waals surface area (Å²) in [7, 11) is 0. The van der Waals surface area contributed by atoms with Gasteiger partial charge in [-0.15, -0.1) is 0 Å². The maximum atomic E-state index is 2.70. The van der Waals surface area contributed by atoms with Crippen LogP contribution in [-0.4, -0.2) is 18.0 Å². The molecule has 0 aromatic rings. The maximum Gasteiger partial charge on any atom is 0.0175 e. The standard InChI is InChI=1S/C14H23N/c1-2-8-13-12(6-1)7-5-9-14(13)15-10-3-4-11-15/h9,12-13H,1-8,10-11H2/t12-,13+/m0/s1. The lowest BCUT2D eigenvalue weighted by Crippen LogP contribution is -2.33. The SMILES string of the molecule is C1=C(N2CCCC2)[C@@H]2CCCC[C@H]2CC1. The summed E-state index contributed by atoms with van der Waals surface area (Å²) >= 11 is 0. The Labute approximate surface area is 93.5 Å². The lowest BCUT2D eigenvalue weighted by atomic mass is 9.72. The molecular formula is C14H23N. The van der Waals surface area contributed by atoms with E-state index in [1.807, 2.05) is 0 Å². The summed E-state index contributed by atoms with van der Waals surface area (Å²) in [6.07, 6.45) is 14.2. The molecule has 1 aliphatic heterocycles. The Morgan fingerprint density at radius 1 is 0.933 bits per heavy atom. The molecule has 1 heterocycles. The number of hydrogen-bond acceptors (Lipinski definition) is 1. The van der Waals surface area contributed by atoms with Gasteiger partial charge in [-0.2, -0.15) is 0 Å². The minimum absolute atomic E-state index is 0.950. The topological polar surface area (TPSA) is 3.24 Å². The first-order valence-corrected chi connectivity index (χ1v) is 6.90. The van der Waals surface area contributed by atoms with E-state index < -0.39 is 0 Å². The minimum Gasteiger partial charge on any atom is -0.375 e. The van der Waals surface area contributed by atoms with Crippen molar-refractivity contribution < 1.29 is 0 Å². The number of likely N-dealkylation sites (tertiary alicyclic amines) is 1. The van der Waals surface area contributed by atoms with Crippen LogP contribution in [0, 0.1) is 11.8 Å². The van der Waals surface area contributed by atoms with E-state index in [1.54, 1.807) is 5.70 Å². The van der Waals surface area contributed by atoms with Crippen molar-refractivity contribution in [3.63, 3.8) is 0 Å². The molecule has 0 N–H and O–H groups in total. The largest absolute Gasteiger partial charge is 0.375 e. The Morgan fingerprint density at radius 3 is 2.60 bits per heavy atom. The van der Waals surface area contributed by atoms with Crippen molar-refractivity contribution in [2.24, 2.45) is 11.8 Å². The molecule has 0 spiro atoms. The number of nitrogens with zero attached hydrogens (tertiary/aromatic N) is 1. The Kier molecular flexibility index (Phi) is 2.72. The maximum absolute atomic E-state index is 2.70. The van der Waals surface area contributed by atoms with Crippen LogP contribution in [-0.2, 0) is 0 Å². The lowest BCUT2D eigenvalue weighted by molar-refractivity contribution is 0.199. The molecule has 0 bridgehead atoms. The molecule has 2 aliphatic carbocycles. The molecule has 3 aliphatic rings. The number of rotatable bonds is 1. The van der Waals surface area contributed by atoms with E-state index in [9.17, 15) is 0 Å². The van der Waals surface area contributed by atoms with Gasteiger partial charge >= 0.3 is 0 Å². The predicted octanol–water partition coefficient (Wildman–Crippen LogP) is 3.57. The number of allylic oxidation sites excluding steroid dienone is 2. The summed E-state index contributed by atoms with van der Waals surface area (Å²) in [6, 6.07) is 0. The highest BCUT2D eigenvalue weighted by atomic mass is 15.2. The Hall–Kier alpha value is -0.460. The Morgan fingerprint density at radius 2 is 1.73 bits per heavy atom. The van der Waals surface area contributed by atoms with Crippen LogP contribution in [0.2, 0.25) is 0 Å². The molecule has 15 heavy (non-hydrogen) atoms. The molecule has 1 saturated carbocycles. The van der Waals surface area contributed by atoms with Gasteiger partial charge in [0.2, 0.25) is 0 Å². The van der Waals surface area contributed by atoms with Crippen LogP contribution in [0.1, 0.15) is 51.4 Å². The highest BCUT2D eigenvalue weighted by molar-refractivity contribution is 5.13. The summed E-state index contributed by atoms with van der Waals surface area (Å²) in [5.41, 5.74) is 1.75. The van der Waals surface area contributed by atoms with Gasteiger partial charge in [0, 0.05) is 24.7 Å². The third kappa shape index (κ3) is 1.81. The molecule has 2 atom stereocenters. The summed E-state index contributed by atoms with van der Waals surface area (Å²) in [5.74, 6) is 1.99. The normalized spacial score (nSPS) is 36.3. The van der Waals surface area contributed by atoms with Gasteiger partial charge < -0.3 is 4.90 Å². The number of fused-ring (bicyclic) bond motifs is 1. The van der Waals surface area contributed by atoms with E-state index in [-0.39, 0.29) is 0 Å². The van der Waals surface area contributed by atoms with Crippen molar-refractivity contribution >= 4 is 0 Å². The molecule has 0 aromatic carbocycles. The molecule has 0 aromatic heterocycles. The molecular weight excluding hydrogens is 182 g/mol. The average molecular weight is 205 g/mol. The molecule has 0 amide bonds. The quantitative estimate of drug-likeness (QED) is 0.632. The summed E-state index contributed by atoms with van der Waals surface area (Å²) < 4.78 is 0. The van der Waals surface area contributed by atoms with Crippen molar-refractivity contribution in [1.82, 2.24) is 4.90 Å². The van der Waals surface area contributed by atoms with Gasteiger partial charge in [0.25, 0.3) is 0 Å². The molecule has 1 heteroatoms. The summed E-state index contributed by atoms with van der Waals surface area (Å²) in [5, 5.41) is 0. The van der Waals surface area contributed by atoms with Crippen molar-refractivity contribution in [2.75, 3.05) is 13.1 Å². The number of hydrogen-bond donors (Lipinski definition) is 0. The summed E-state index contributed by atoms with van der Waals surface area (Å²) in [4.78, 5) is 2.70. The van der Waals surface area contributed by atoms with E-state index in [0.29, 0.717) is 0 Å². The fourth-order valence-corrected chi connectivity index (χ4v) is 3.88. The highest BCUT2D eigenvalue weighted by Gasteiger charge is 2.33. The van der Waals surface area contributed by atoms with Crippen molar-refractivity contribution in [3.05, 3.63) is 11.8 Å². The van der Waals surface area contributed by atoms with E-state index >= 15 is 0 Å². The van der Waals surface area contributed by atoms with Gasteiger partial charge in [-0.3, -0.25) is 0 Å². The molecule has 0 unspecified atom stereocenters. The third-order valence-corrected chi connectivity index (χ3v) is 4.65. The van der Waals surface area contributed by atoms with E-state index in [1.165, 1.54) is 64.5 Å². The van der Waals surface area contributed by atoms with Crippen LogP contribution in [0.15, 0.2) is 11.8 Å². The van der Waals surface area contributed by atoms with Crippen molar-refractivity contribution in [1.29, 1.82) is 0 Å². The van der Waals surface area contributed by atoms with Gasteiger partial charge in [-0.05, 0) is 44.4 Å². The van der Waals surface area contributed by atoms with Gasteiger partial charge in [-0.1, -0.05) is 18.9 Å². The first-order valence-electron chi connectivity index (χ1n) is 6.90. The van der Waals surface area contributed by atoms with E-state index in [4.69, 9.17) is 0 Å². The Balaban J connectivity index is 1.77. The van der Waals surface area contributed by atoms with Crippen LogP contribution >= 0.6 is 0 Å². The molecule has 84 valence electrons. The second kappa shape index (κ2) is 4.19. The van der Waals surface area contributed by atoms with Gasteiger partial charge in [0.15, 0.2) is 0 Å². The first-order chi connectivity index (χ1) is 7.45. The van der Waals surface area contributed by atoms with Crippen LogP contribution in [0.25, 0.3) is 0 Å². The second-order valence-electron chi connectivity index (χ2n) is 5.55. The molecule has 0 radical (unpaired) electrons. The minimum atomic E-state index is 0.950. The highest BCUT2D eigenvalue weighted by Crippen LogP contribution is 2.42. The molecule has 1 saturated heterocycles. The molecule has 1 nitrogen and oxygen atoms in total. The van der Waals surface area contributed by atoms with Gasteiger partial charge in [-0.25, -0.2) is 0 Å².